The smallest absolute Gasteiger partial charge is 0.402 e. The molecule has 25 N–H and O–H groups in total. The molecule has 6 fully saturated rings. The third kappa shape index (κ3) is 21.0. The second kappa shape index (κ2) is 40.4. The molecule has 12 rings (SSSR count). The number of phenols is 5. The van der Waals surface area contributed by atoms with Crippen molar-refractivity contribution in [2.24, 2.45) is 0 Å². The van der Waals surface area contributed by atoms with Crippen LogP contribution in [-0.4, -0.2) is 377 Å². The van der Waals surface area contributed by atoms with Crippen molar-refractivity contribution in [2.45, 2.75) is 184 Å². The summed E-state index contributed by atoms with van der Waals surface area (Å²) in [6.07, 6.45) is -50.9. The van der Waals surface area contributed by atoms with Crippen LogP contribution in [0.5, 0.6) is 63.2 Å². The van der Waals surface area contributed by atoms with Crippen LogP contribution < -0.4 is 28.4 Å². The van der Waals surface area contributed by atoms with Crippen LogP contribution in [0.1, 0.15) is 16.7 Å². The summed E-state index contributed by atoms with van der Waals surface area (Å²) < 4.78 is 97.1. The van der Waals surface area contributed by atoms with Crippen LogP contribution in [0, 0.1) is 0 Å². The first-order valence-electron chi connectivity index (χ1n) is 37.9. The molecule has 6 aliphatic heterocycles. The van der Waals surface area contributed by atoms with Gasteiger partial charge in [-0.25, -0.2) is 18.8 Å². The molecule has 124 heavy (non-hydrogen) atoms. The summed E-state index contributed by atoms with van der Waals surface area (Å²) >= 11 is 0. The summed E-state index contributed by atoms with van der Waals surface area (Å²) in [6.45, 7) is -5.13. The number of hydrogen-bond acceptors (Lipinski definition) is 44. The third-order valence-electron chi connectivity index (χ3n) is 20.6. The fraction of sp³-hybridized carbons (Fsp3) is 0.468. The Bertz CT molecular complexity index is 4750. The van der Waals surface area contributed by atoms with Gasteiger partial charge in [0.25, 0.3) is 0 Å². The highest BCUT2D eigenvalue weighted by Gasteiger charge is 2.55. The minimum atomic E-state index is -2.33. The van der Waals surface area contributed by atoms with E-state index in [2.05, 4.69) is 0 Å². The molecule has 0 saturated carbocycles. The second-order valence-electron chi connectivity index (χ2n) is 29.1. The van der Waals surface area contributed by atoms with Crippen molar-refractivity contribution >= 4 is 47.1 Å². The fourth-order valence-electron chi connectivity index (χ4n) is 13.6. The van der Waals surface area contributed by atoms with Crippen molar-refractivity contribution in [3.63, 3.8) is 0 Å². The number of hydrogen-bond donors (Lipinski definition) is 25. The number of carbonyl (C=O) groups excluding carboxylic acids is 3. The molecule has 1 aromatic heterocycles. The van der Waals surface area contributed by atoms with E-state index in [0.29, 0.717) is 0 Å². The lowest BCUT2D eigenvalue weighted by Gasteiger charge is -2.45. The van der Waals surface area contributed by atoms with E-state index < -0.39 is 288 Å². The first-order chi connectivity index (χ1) is 59.1. The topological polar surface area (TPSA) is 716 Å². The van der Waals surface area contributed by atoms with E-state index in [9.17, 15) is 142 Å². The summed E-state index contributed by atoms with van der Waals surface area (Å²) in [5.74, 6) is -8.58. The van der Waals surface area contributed by atoms with Crippen molar-refractivity contribution < 1.29 is 222 Å². The lowest BCUT2D eigenvalue weighted by molar-refractivity contribution is -0.358. The molecule has 676 valence electrons. The summed E-state index contributed by atoms with van der Waals surface area (Å²) in [7, 11) is 1.20. The Morgan fingerprint density at radius 2 is 0.694 bits per heavy atom. The predicted molar refractivity (Wildman–Crippen MR) is 404 cm³/mol. The molecule has 0 spiro atoms. The van der Waals surface area contributed by atoms with E-state index in [0.717, 1.165) is 85.0 Å². The highest BCUT2D eigenvalue weighted by molar-refractivity contribution is 5.90. The van der Waals surface area contributed by atoms with Crippen LogP contribution >= 0.6 is 0 Å². The maximum absolute atomic E-state index is 13.6. The lowest BCUT2D eigenvalue weighted by Crippen LogP contribution is -2.65. The number of esters is 3. The van der Waals surface area contributed by atoms with Crippen molar-refractivity contribution in [1.29, 1.82) is 0 Å². The molecule has 45 heteroatoms. The Hall–Kier alpha value is -10.1. The van der Waals surface area contributed by atoms with Crippen LogP contribution in [0.15, 0.2) is 114 Å². The molecule has 0 aliphatic carbocycles. The summed E-state index contributed by atoms with van der Waals surface area (Å²) in [5.41, 5.74) is 0.0969. The van der Waals surface area contributed by atoms with Gasteiger partial charge >= 0.3 is 29.3 Å². The van der Waals surface area contributed by atoms with E-state index in [1.165, 1.54) is 49.6 Å². The quantitative estimate of drug-likeness (QED) is 0.00898. The molecule has 6 aromatic rings. The van der Waals surface area contributed by atoms with Crippen molar-refractivity contribution in [1.82, 2.24) is 0 Å². The van der Waals surface area contributed by atoms with Gasteiger partial charge in [-0.1, -0.05) is 18.2 Å². The Morgan fingerprint density at radius 1 is 0.339 bits per heavy atom. The number of carbonyl (C=O) groups is 3. The van der Waals surface area contributed by atoms with Gasteiger partial charge in [0.2, 0.25) is 37.2 Å². The van der Waals surface area contributed by atoms with Gasteiger partial charge in [-0.3, -0.25) is 0 Å². The number of aromatic hydroxyl groups is 5. The average Bonchev–Trinajstić information content (AvgIpc) is 0.757. The minimum absolute atomic E-state index is 0.00549. The highest BCUT2D eigenvalue weighted by atomic mass is 16.8. The van der Waals surface area contributed by atoms with Gasteiger partial charge in [0, 0.05) is 36.4 Å². The van der Waals surface area contributed by atoms with Gasteiger partial charge < -0.3 is 203 Å². The van der Waals surface area contributed by atoms with Crippen molar-refractivity contribution in [3.05, 3.63) is 126 Å². The Kier molecular flexibility index (Phi) is 30.3. The summed E-state index contributed by atoms with van der Waals surface area (Å²) in [4.78, 5) is 39.8. The maximum atomic E-state index is 13.6. The van der Waals surface area contributed by atoms with Crippen LogP contribution in [0.4, 0.5) is 0 Å². The maximum Gasteiger partial charge on any atom is 0.402 e. The molecule has 45 nitrogen and oxygen atoms in total. The fourth-order valence-corrected chi connectivity index (χ4v) is 13.6. The number of benzene rings is 5. The van der Waals surface area contributed by atoms with Gasteiger partial charge in [-0.05, 0) is 83.4 Å². The number of fused-ring (bicyclic) bond motifs is 1. The molecule has 6 saturated heterocycles. The summed E-state index contributed by atoms with van der Waals surface area (Å²) in [6, 6.07) is 17.5. The molecule has 0 radical (unpaired) electrons. The van der Waals surface area contributed by atoms with Crippen LogP contribution in [-0.2, 0) is 61.8 Å². The molecule has 5 aromatic carbocycles. The van der Waals surface area contributed by atoms with E-state index in [-0.39, 0.29) is 56.2 Å². The number of methoxy groups -OCH3 is 1. The molecule has 0 bridgehead atoms. The molecule has 7 heterocycles. The zero-order valence-electron chi connectivity index (χ0n) is 64.5. The SMILES string of the molecule is COc1cc(-c2[o+]c3cc(O)cc(O[C@@H]4O[C@H](CO)[C@@H](O)[C@H](O)[C@H]4O)c3cc2O[C@H]2O[C@@H](COC(=O)/C=C/c3ccc(O[C@@H]4O[C@H](COC(=O)C=Cc5ccc(O)c(O[C@@H]6O[C@H](CO)[C@@H](O)[C@H](O)[C@H]6O)c5)[C@@H](O)[C@H](O)[C@H]4O)c(O)c3)[C@H](O)[C@@H](O)[C@@H]2O[C@H]2O[C@@H](COC(=O)C=Cc3ccc(O)c(O[C@@H]4O[C@H](CO)[C@@H](O)[C@H](O)[C@H]4O)c3)[C@H](O)[C@@H](O)[C@@H]2O)ccc1O. The number of aliphatic hydroxyl groups excluding tert-OH is 20. The van der Waals surface area contributed by atoms with Crippen LogP contribution in [0.2, 0.25) is 0 Å². The van der Waals surface area contributed by atoms with E-state index in [1.54, 1.807) is 0 Å². The standard InChI is InChI=1S/C79H90O45/c1-108-42-19-32(8-11-35(42)84)72-45(22-34-40(112-72)20-33(83)21-41(34)114-75-67(103)61(97)55(91)46(23-80)118-75)117-79-73(124-78-71(107)65(101)59(95)50(122-78)27-110-54(90)15-7-31-3-10-37(86)44(18-31)116-77-69(105)63(99)57(93)48(25-82)120-77)66(102)60(96)51(123-79)28-111-52(88)13-5-29-4-12-39(38(87)16-29)113-74-70(106)64(100)58(94)49(121-74)26-109-53(89)14-6-30-2-9-36(85)43(17-30)115-76-68(104)62(98)56(92)47(24-81)119-76/h2-22,46-51,55-71,73-82,91-107H,23-28H2,1H3,(H4-,83,84,85,86,87,89,90)/p+1/b13-5+/t46-,47-,48-,49-,50+,51+,55-,56-,57-,58-,59+,60+,61+,62+,63+,64+,65-,66-,67-,68-,69-,70-,71+,73+,74-,75-,76-,77-,78-,79+/m1/s1. The molecule has 0 unspecified atom stereocenters. The van der Waals surface area contributed by atoms with Gasteiger partial charge in [-0.2, -0.15) is 0 Å². The van der Waals surface area contributed by atoms with Crippen molar-refractivity contribution in [2.75, 3.05) is 46.8 Å². The largest absolute Gasteiger partial charge is 0.507 e. The van der Waals surface area contributed by atoms with Gasteiger partial charge in [0.05, 0.1) is 38.6 Å². The first kappa shape index (κ1) is 93.0. The number of ether oxygens (including phenoxy) is 16. The number of aliphatic hydroxyl groups is 20. The lowest BCUT2D eigenvalue weighted by atomic mass is 9.97. The molecule has 0 amide bonds. The molecule has 30 atom stereocenters. The molecule has 6 aliphatic rings. The number of rotatable bonds is 29. The Balaban J connectivity index is 0.746. The van der Waals surface area contributed by atoms with E-state index in [4.69, 9.17) is 80.2 Å². The Labute approximate surface area is 698 Å². The minimum Gasteiger partial charge on any atom is -0.507 e. The van der Waals surface area contributed by atoms with Gasteiger partial charge in [0.15, 0.2) is 58.4 Å². The molecular weight excluding hydrogens is 1670 g/mol. The second-order valence-corrected chi connectivity index (χ2v) is 29.1. The zero-order valence-corrected chi connectivity index (χ0v) is 64.5. The Morgan fingerprint density at radius 3 is 1.13 bits per heavy atom. The summed E-state index contributed by atoms with van der Waals surface area (Å²) in [5, 5.41) is 267. The average molecular weight is 1760 g/mol. The molecular formula is C79H91O45+. The monoisotopic (exact) mass is 1760 g/mol. The van der Waals surface area contributed by atoms with Crippen LogP contribution in [0.3, 0.4) is 0 Å². The van der Waals surface area contributed by atoms with Gasteiger partial charge in [-0.15, -0.1) is 0 Å². The number of phenolic OH excluding ortho intramolecular Hbond substituents is 5. The van der Waals surface area contributed by atoms with E-state index in [1.807, 2.05) is 0 Å². The predicted octanol–water partition coefficient (Wildman–Crippen LogP) is -6.57. The first-order valence-corrected chi connectivity index (χ1v) is 37.9. The normalized spacial score (nSPS) is 34.0. The zero-order chi connectivity index (χ0) is 89.6. The van der Waals surface area contributed by atoms with E-state index >= 15 is 0 Å². The van der Waals surface area contributed by atoms with Gasteiger partial charge in [0.1, 0.15) is 177 Å². The third-order valence-corrected chi connectivity index (χ3v) is 20.6. The van der Waals surface area contributed by atoms with Crippen molar-refractivity contribution in [3.8, 4) is 74.6 Å². The van der Waals surface area contributed by atoms with Crippen LogP contribution in [0.25, 0.3) is 40.5 Å². The highest BCUT2D eigenvalue weighted by Crippen LogP contribution is 2.45.